The zero-order valence-corrected chi connectivity index (χ0v) is 7.49. The summed E-state index contributed by atoms with van der Waals surface area (Å²) in [4.78, 5) is 11.2. The van der Waals surface area contributed by atoms with Crippen molar-refractivity contribution < 1.29 is 14.6 Å². The second kappa shape index (κ2) is 7.01. The summed E-state index contributed by atoms with van der Waals surface area (Å²) in [5, 5.41) is 8.42. The predicted molar refractivity (Wildman–Crippen MR) is 55.5 cm³/mol. The van der Waals surface area contributed by atoms with Crippen molar-refractivity contribution >= 4 is 35.5 Å². The van der Waals surface area contributed by atoms with Crippen molar-refractivity contribution in [2.24, 2.45) is 0 Å². The Morgan fingerprint density at radius 3 is 2.64 bits per heavy atom. The SMILES string of the molecule is CCc1ccccc1C(=O)OCO.[NaH]. The molecule has 72 valence electrons. The summed E-state index contributed by atoms with van der Waals surface area (Å²) in [5.74, 6) is -0.472. The van der Waals surface area contributed by atoms with Crippen LogP contribution in [0, 0.1) is 0 Å². The first kappa shape index (κ1) is 13.7. The van der Waals surface area contributed by atoms with Crippen molar-refractivity contribution in [2.45, 2.75) is 13.3 Å². The van der Waals surface area contributed by atoms with Crippen LogP contribution in [-0.2, 0) is 11.2 Å². The van der Waals surface area contributed by atoms with Crippen LogP contribution in [0.2, 0.25) is 0 Å². The van der Waals surface area contributed by atoms with E-state index in [-0.39, 0.29) is 29.6 Å². The third-order valence-electron chi connectivity index (χ3n) is 1.81. The van der Waals surface area contributed by atoms with E-state index in [9.17, 15) is 4.79 Å². The average Bonchev–Trinajstić information content (AvgIpc) is 2.18. The number of benzene rings is 1. The van der Waals surface area contributed by atoms with E-state index >= 15 is 0 Å². The molecule has 0 saturated carbocycles. The number of carbonyl (C=O) groups excluding carboxylic acids is 1. The molecule has 0 heterocycles. The molecule has 1 rings (SSSR count). The number of ether oxygens (including phenoxy) is 1. The minimum atomic E-state index is -0.573. The van der Waals surface area contributed by atoms with Crippen molar-refractivity contribution in [3.8, 4) is 0 Å². The normalized spacial score (nSPS) is 9.00. The van der Waals surface area contributed by atoms with E-state index in [1.165, 1.54) is 0 Å². The molecule has 1 aromatic rings. The van der Waals surface area contributed by atoms with E-state index in [4.69, 9.17) is 5.11 Å². The first-order valence-electron chi connectivity index (χ1n) is 4.15. The van der Waals surface area contributed by atoms with Crippen LogP contribution in [0.15, 0.2) is 24.3 Å². The van der Waals surface area contributed by atoms with Gasteiger partial charge in [0, 0.05) is 0 Å². The summed E-state index contributed by atoms with van der Waals surface area (Å²) in [6.07, 6.45) is 0.775. The van der Waals surface area contributed by atoms with Crippen molar-refractivity contribution in [3.63, 3.8) is 0 Å². The molecule has 1 N–H and O–H groups in total. The van der Waals surface area contributed by atoms with E-state index in [2.05, 4.69) is 4.74 Å². The number of carbonyl (C=O) groups is 1. The zero-order valence-electron chi connectivity index (χ0n) is 7.49. The molecule has 0 radical (unpaired) electrons. The molecule has 0 amide bonds. The van der Waals surface area contributed by atoms with Gasteiger partial charge >= 0.3 is 35.5 Å². The Bertz CT molecular complexity index is 299. The summed E-state index contributed by atoms with van der Waals surface area (Å²) >= 11 is 0. The second-order valence-electron chi connectivity index (χ2n) is 2.57. The molecule has 3 nitrogen and oxygen atoms in total. The summed E-state index contributed by atoms with van der Waals surface area (Å²) in [6, 6.07) is 7.20. The molecule has 0 fully saturated rings. The number of hydrogen-bond donors (Lipinski definition) is 1. The third kappa shape index (κ3) is 3.42. The van der Waals surface area contributed by atoms with Gasteiger partial charge in [-0.25, -0.2) is 4.79 Å². The number of esters is 1. The van der Waals surface area contributed by atoms with Crippen molar-refractivity contribution in [2.75, 3.05) is 6.79 Å². The molecule has 1 aromatic carbocycles. The third-order valence-corrected chi connectivity index (χ3v) is 1.81. The van der Waals surface area contributed by atoms with E-state index in [0.717, 1.165) is 12.0 Å². The summed E-state index contributed by atoms with van der Waals surface area (Å²) in [7, 11) is 0. The molecule has 0 aliphatic carbocycles. The van der Waals surface area contributed by atoms with Gasteiger partial charge in [0.05, 0.1) is 5.56 Å². The van der Waals surface area contributed by atoms with E-state index < -0.39 is 12.8 Å². The predicted octanol–water partition coefficient (Wildman–Crippen LogP) is 0.707. The Labute approximate surface area is 105 Å². The van der Waals surface area contributed by atoms with Crippen LogP contribution in [0.1, 0.15) is 22.8 Å². The van der Waals surface area contributed by atoms with E-state index in [1.807, 2.05) is 19.1 Å². The Kier molecular flexibility index (Phi) is 6.83. The molecule has 0 unspecified atom stereocenters. The second-order valence-corrected chi connectivity index (χ2v) is 2.57. The van der Waals surface area contributed by atoms with Gasteiger partial charge in [0.15, 0.2) is 6.79 Å². The molecule has 0 spiro atoms. The van der Waals surface area contributed by atoms with Gasteiger partial charge in [0.1, 0.15) is 0 Å². The Hall–Kier alpha value is -0.350. The van der Waals surface area contributed by atoms with Gasteiger partial charge in [-0.05, 0) is 18.1 Å². The molecular formula is C10H13NaO3. The van der Waals surface area contributed by atoms with Crippen molar-refractivity contribution in [1.29, 1.82) is 0 Å². The number of aryl methyl sites for hydroxylation is 1. The monoisotopic (exact) mass is 204 g/mol. The maximum atomic E-state index is 11.2. The molecule has 4 heteroatoms. The van der Waals surface area contributed by atoms with Crippen LogP contribution in [0.4, 0.5) is 0 Å². The standard InChI is InChI=1S/C10H12O3.Na.H/c1-2-8-5-3-4-6-9(8)10(12)13-7-11;;/h3-6,11H,2,7H2,1H3;;. The molecule has 0 atom stereocenters. The molecule has 0 bridgehead atoms. The Morgan fingerprint density at radius 1 is 1.43 bits per heavy atom. The average molecular weight is 204 g/mol. The molecule has 0 aliphatic heterocycles. The number of aliphatic hydroxyl groups is 1. The molecule has 0 aromatic heterocycles. The first-order chi connectivity index (χ1) is 6.29. The summed E-state index contributed by atoms with van der Waals surface area (Å²) in [6.45, 7) is 1.39. The van der Waals surface area contributed by atoms with Gasteiger partial charge < -0.3 is 9.84 Å². The quantitative estimate of drug-likeness (QED) is 0.448. The van der Waals surface area contributed by atoms with Crippen molar-refractivity contribution in [3.05, 3.63) is 35.4 Å². The number of hydrogen-bond acceptors (Lipinski definition) is 3. The van der Waals surface area contributed by atoms with Crippen LogP contribution >= 0.6 is 0 Å². The molecule has 0 aliphatic rings. The van der Waals surface area contributed by atoms with Gasteiger partial charge in [-0.1, -0.05) is 25.1 Å². The van der Waals surface area contributed by atoms with E-state index in [1.54, 1.807) is 12.1 Å². The van der Waals surface area contributed by atoms with Crippen LogP contribution in [0.25, 0.3) is 0 Å². The van der Waals surface area contributed by atoms with Crippen LogP contribution in [0.3, 0.4) is 0 Å². The van der Waals surface area contributed by atoms with Gasteiger partial charge in [-0.15, -0.1) is 0 Å². The Morgan fingerprint density at radius 2 is 2.07 bits per heavy atom. The maximum absolute atomic E-state index is 11.2. The summed E-state index contributed by atoms with van der Waals surface area (Å²) < 4.78 is 4.49. The molecule has 14 heavy (non-hydrogen) atoms. The van der Waals surface area contributed by atoms with Crippen LogP contribution in [0.5, 0.6) is 0 Å². The topological polar surface area (TPSA) is 46.5 Å². The zero-order chi connectivity index (χ0) is 9.68. The van der Waals surface area contributed by atoms with Gasteiger partial charge in [0.2, 0.25) is 0 Å². The van der Waals surface area contributed by atoms with E-state index in [0.29, 0.717) is 5.56 Å². The van der Waals surface area contributed by atoms with Crippen LogP contribution in [-0.4, -0.2) is 47.4 Å². The number of aliphatic hydroxyl groups excluding tert-OH is 1. The minimum absolute atomic E-state index is 0. The van der Waals surface area contributed by atoms with Gasteiger partial charge in [-0.2, -0.15) is 0 Å². The van der Waals surface area contributed by atoms with Crippen molar-refractivity contribution in [1.82, 2.24) is 0 Å². The van der Waals surface area contributed by atoms with Crippen LogP contribution < -0.4 is 0 Å². The van der Waals surface area contributed by atoms with Gasteiger partial charge in [-0.3, -0.25) is 0 Å². The fraction of sp³-hybridized carbons (Fsp3) is 0.300. The molecular weight excluding hydrogens is 191 g/mol. The molecule has 0 saturated heterocycles. The fourth-order valence-corrected chi connectivity index (χ4v) is 1.16. The van der Waals surface area contributed by atoms with Gasteiger partial charge in [0.25, 0.3) is 0 Å². The fourth-order valence-electron chi connectivity index (χ4n) is 1.16. The number of rotatable bonds is 3. The summed E-state index contributed by atoms with van der Waals surface area (Å²) in [5.41, 5.74) is 1.46. The Balaban J connectivity index is 0.00000169. The first-order valence-corrected chi connectivity index (χ1v) is 4.15.